The molecule has 0 heterocycles. The van der Waals surface area contributed by atoms with Gasteiger partial charge in [0.2, 0.25) is 0 Å². The van der Waals surface area contributed by atoms with E-state index in [0.29, 0.717) is 16.5 Å². The zero-order valence-electron chi connectivity index (χ0n) is 11.6. The fraction of sp³-hybridized carbons (Fsp3) is 0.235. The van der Waals surface area contributed by atoms with E-state index in [1.807, 2.05) is 42.5 Å². The number of carboxylic acids is 1. The highest BCUT2D eigenvalue weighted by molar-refractivity contribution is 6.36. The van der Waals surface area contributed by atoms with E-state index >= 15 is 0 Å². The van der Waals surface area contributed by atoms with Gasteiger partial charge in [-0.1, -0.05) is 59.6 Å². The first kappa shape index (κ1) is 15.9. The van der Waals surface area contributed by atoms with Crippen LogP contribution >= 0.6 is 23.2 Å². The minimum absolute atomic E-state index is 0.520. The third-order valence-corrected chi connectivity index (χ3v) is 4.27. The number of benzene rings is 1. The van der Waals surface area contributed by atoms with Crippen LogP contribution in [0.25, 0.3) is 0 Å². The highest BCUT2D eigenvalue weighted by atomic mass is 35.5. The number of aliphatic carboxylic acids is 1. The number of rotatable bonds is 4. The van der Waals surface area contributed by atoms with E-state index in [4.69, 9.17) is 23.2 Å². The molecule has 1 unspecified atom stereocenters. The van der Waals surface area contributed by atoms with Crippen LogP contribution in [0.5, 0.6) is 0 Å². The standard InChI is InChI=1S/C17H16Cl2O2/c1-11(17(20)21)13-7-3-2-6-12(13)10-14-15(18)8-4-5-9-16(14)19/h2-4,6-9,11H,5,10H2,1H3,(H,20,21). The van der Waals surface area contributed by atoms with Crippen LogP contribution in [0.4, 0.5) is 0 Å². The van der Waals surface area contributed by atoms with Crippen LogP contribution in [-0.4, -0.2) is 11.1 Å². The molecule has 2 nitrogen and oxygen atoms in total. The van der Waals surface area contributed by atoms with E-state index in [0.717, 1.165) is 23.1 Å². The molecule has 0 spiro atoms. The number of hydrogen-bond donors (Lipinski definition) is 1. The molecule has 1 aliphatic rings. The van der Waals surface area contributed by atoms with E-state index in [1.165, 1.54) is 0 Å². The molecule has 2 rings (SSSR count). The molecule has 0 aliphatic heterocycles. The van der Waals surface area contributed by atoms with Crippen LogP contribution in [0, 0.1) is 0 Å². The summed E-state index contributed by atoms with van der Waals surface area (Å²) in [6.45, 7) is 1.68. The maximum atomic E-state index is 11.2. The second-order valence-corrected chi connectivity index (χ2v) is 5.77. The Kier molecular flexibility index (Phi) is 5.27. The van der Waals surface area contributed by atoms with Gasteiger partial charge in [-0.25, -0.2) is 0 Å². The van der Waals surface area contributed by atoms with Gasteiger partial charge in [-0.2, -0.15) is 0 Å². The second kappa shape index (κ2) is 6.97. The molecule has 1 N–H and O–H groups in total. The highest BCUT2D eigenvalue weighted by Crippen LogP contribution is 2.31. The SMILES string of the molecule is CC(C(=O)O)c1ccccc1CC1=C(Cl)C=CCC=C1Cl. The third-order valence-electron chi connectivity index (χ3n) is 3.53. The maximum Gasteiger partial charge on any atom is 0.310 e. The molecular weight excluding hydrogens is 307 g/mol. The first-order valence-electron chi connectivity index (χ1n) is 6.72. The van der Waals surface area contributed by atoms with Crippen molar-refractivity contribution in [3.8, 4) is 0 Å². The predicted octanol–water partition coefficient (Wildman–Crippen LogP) is 4.99. The van der Waals surface area contributed by atoms with Gasteiger partial charge >= 0.3 is 5.97 Å². The van der Waals surface area contributed by atoms with E-state index in [9.17, 15) is 9.90 Å². The van der Waals surface area contributed by atoms with Gasteiger partial charge < -0.3 is 5.11 Å². The highest BCUT2D eigenvalue weighted by Gasteiger charge is 2.19. The summed E-state index contributed by atoms with van der Waals surface area (Å²) in [5, 5.41) is 10.5. The molecule has 0 amide bonds. The Bertz CT molecular complexity index is 642. The van der Waals surface area contributed by atoms with Crippen LogP contribution in [0.3, 0.4) is 0 Å². The summed E-state index contributed by atoms with van der Waals surface area (Å²) >= 11 is 12.6. The number of hydrogen-bond acceptors (Lipinski definition) is 1. The molecule has 0 bridgehead atoms. The fourth-order valence-electron chi connectivity index (χ4n) is 2.29. The smallest absolute Gasteiger partial charge is 0.310 e. The van der Waals surface area contributed by atoms with Crippen molar-refractivity contribution in [2.45, 2.75) is 25.7 Å². The number of carbonyl (C=O) groups is 1. The lowest BCUT2D eigenvalue weighted by Gasteiger charge is -2.15. The fourth-order valence-corrected chi connectivity index (χ4v) is 2.85. The zero-order valence-corrected chi connectivity index (χ0v) is 13.2. The third kappa shape index (κ3) is 3.78. The summed E-state index contributed by atoms with van der Waals surface area (Å²) in [4.78, 5) is 11.2. The van der Waals surface area contributed by atoms with Gasteiger partial charge in [0.1, 0.15) is 0 Å². The van der Waals surface area contributed by atoms with Crippen molar-refractivity contribution < 1.29 is 9.90 Å². The first-order chi connectivity index (χ1) is 10.0. The Hall–Kier alpha value is -1.51. The first-order valence-corrected chi connectivity index (χ1v) is 7.48. The molecule has 0 radical (unpaired) electrons. The van der Waals surface area contributed by atoms with Crippen molar-refractivity contribution in [1.29, 1.82) is 0 Å². The van der Waals surface area contributed by atoms with Crippen molar-refractivity contribution in [3.05, 3.63) is 69.3 Å². The van der Waals surface area contributed by atoms with Gasteiger partial charge in [0.15, 0.2) is 0 Å². The summed E-state index contributed by atoms with van der Waals surface area (Å²) in [5.74, 6) is -1.41. The molecule has 4 heteroatoms. The quantitative estimate of drug-likeness (QED) is 0.847. The maximum absolute atomic E-state index is 11.2. The van der Waals surface area contributed by atoms with Crippen molar-refractivity contribution in [1.82, 2.24) is 0 Å². The van der Waals surface area contributed by atoms with Gasteiger partial charge in [0.05, 0.1) is 5.92 Å². The molecule has 0 saturated heterocycles. The van der Waals surface area contributed by atoms with Crippen LogP contribution < -0.4 is 0 Å². The lowest BCUT2D eigenvalue weighted by atomic mass is 9.91. The molecule has 1 aromatic rings. The Morgan fingerprint density at radius 2 is 2.05 bits per heavy atom. The Labute approximate surface area is 134 Å². The molecule has 1 aliphatic carbocycles. The van der Waals surface area contributed by atoms with Crippen LogP contribution in [0.2, 0.25) is 0 Å². The zero-order chi connectivity index (χ0) is 15.4. The molecule has 0 fully saturated rings. The minimum atomic E-state index is -0.843. The van der Waals surface area contributed by atoms with Gasteiger partial charge in [0, 0.05) is 16.5 Å². The average Bonchev–Trinajstić information content (AvgIpc) is 2.62. The summed E-state index contributed by atoms with van der Waals surface area (Å²) in [7, 11) is 0. The van der Waals surface area contributed by atoms with Crippen molar-refractivity contribution in [2.75, 3.05) is 0 Å². The van der Waals surface area contributed by atoms with Gasteiger partial charge in [-0.15, -0.1) is 0 Å². The molecule has 21 heavy (non-hydrogen) atoms. The van der Waals surface area contributed by atoms with Crippen LogP contribution in [0.15, 0.2) is 58.1 Å². The topological polar surface area (TPSA) is 37.3 Å². The summed E-state index contributed by atoms with van der Waals surface area (Å²) < 4.78 is 0. The van der Waals surface area contributed by atoms with Gasteiger partial charge in [-0.05, 0) is 36.1 Å². The molecule has 110 valence electrons. The van der Waals surface area contributed by atoms with Crippen molar-refractivity contribution >= 4 is 29.2 Å². The Morgan fingerprint density at radius 1 is 1.33 bits per heavy atom. The summed E-state index contributed by atoms with van der Waals surface area (Å²) in [6, 6.07) is 7.50. The molecule has 0 saturated carbocycles. The average molecular weight is 323 g/mol. The molecule has 1 atom stereocenters. The normalized spacial score (nSPS) is 16.4. The van der Waals surface area contributed by atoms with Crippen molar-refractivity contribution in [2.24, 2.45) is 0 Å². The number of carboxylic acid groups (broad SMARTS) is 1. The van der Waals surface area contributed by atoms with E-state index < -0.39 is 11.9 Å². The van der Waals surface area contributed by atoms with Crippen molar-refractivity contribution in [3.63, 3.8) is 0 Å². The van der Waals surface area contributed by atoms with Crippen LogP contribution in [-0.2, 0) is 11.2 Å². The Balaban J connectivity index is 2.40. The van der Waals surface area contributed by atoms with Gasteiger partial charge in [-0.3, -0.25) is 4.79 Å². The lowest BCUT2D eigenvalue weighted by Crippen LogP contribution is -2.10. The molecular formula is C17H16Cl2O2. The van der Waals surface area contributed by atoms with E-state index in [-0.39, 0.29) is 0 Å². The molecule has 0 aromatic heterocycles. The lowest BCUT2D eigenvalue weighted by molar-refractivity contribution is -0.138. The van der Waals surface area contributed by atoms with Gasteiger partial charge in [0.25, 0.3) is 0 Å². The monoisotopic (exact) mass is 322 g/mol. The summed E-state index contributed by atoms with van der Waals surface area (Å²) in [6.07, 6.45) is 6.96. The summed E-state index contributed by atoms with van der Waals surface area (Å²) in [5.41, 5.74) is 2.55. The largest absolute Gasteiger partial charge is 0.481 e. The minimum Gasteiger partial charge on any atom is -0.481 e. The van der Waals surface area contributed by atoms with E-state index in [1.54, 1.807) is 6.92 Å². The van der Waals surface area contributed by atoms with Crippen LogP contribution in [0.1, 0.15) is 30.4 Å². The Morgan fingerprint density at radius 3 is 2.76 bits per heavy atom. The molecule has 1 aromatic carbocycles. The predicted molar refractivity (Wildman–Crippen MR) is 86.8 cm³/mol. The van der Waals surface area contributed by atoms with E-state index in [2.05, 4.69) is 0 Å². The second-order valence-electron chi connectivity index (χ2n) is 4.95. The number of halogens is 2. The number of allylic oxidation sites excluding steroid dienone is 6.